The lowest BCUT2D eigenvalue weighted by Gasteiger charge is -2.24. The Bertz CT molecular complexity index is 338. The molecule has 0 amide bonds. The molecule has 0 spiro atoms. The molecule has 0 aromatic heterocycles. The first-order chi connectivity index (χ1) is 7.46. The van der Waals surface area contributed by atoms with Gasteiger partial charge in [0.25, 0.3) is 0 Å². The van der Waals surface area contributed by atoms with Crippen LogP contribution in [0, 0.1) is 5.92 Å². The number of fused-ring (bicyclic) bond motifs is 2. The van der Waals surface area contributed by atoms with E-state index < -0.39 is 15.9 Å². The van der Waals surface area contributed by atoms with E-state index in [1.165, 1.54) is 6.26 Å². The van der Waals surface area contributed by atoms with Gasteiger partial charge in [0.05, 0.1) is 18.3 Å². The molecule has 0 aliphatic carbocycles. The van der Waals surface area contributed by atoms with Gasteiger partial charge in [-0.15, -0.1) is 0 Å². The second-order valence-electron chi connectivity index (χ2n) is 5.11. The molecule has 2 fully saturated rings. The van der Waals surface area contributed by atoms with Crippen LogP contribution in [0.5, 0.6) is 0 Å². The molecular formula is C11H20O4S. The predicted octanol–water partition coefficient (Wildman–Crippen LogP) is 0.740. The smallest absolute Gasteiger partial charge is 0.147 e. The summed E-state index contributed by atoms with van der Waals surface area (Å²) >= 11 is 0. The van der Waals surface area contributed by atoms with Crippen molar-refractivity contribution < 1.29 is 18.3 Å². The van der Waals surface area contributed by atoms with E-state index in [9.17, 15) is 13.5 Å². The predicted molar refractivity (Wildman–Crippen MR) is 61.0 cm³/mol. The molecule has 0 saturated carbocycles. The number of sulfone groups is 1. The summed E-state index contributed by atoms with van der Waals surface area (Å²) in [6, 6.07) is 0. The number of hydrogen-bond acceptors (Lipinski definition) is 4. The second-order valence-corrected chi connectivity index (χ2v) is 7.37. The molecule has 2 saturated heterocycles. The van der Waals surface area contributed by atoms with E-state index in [0.717, 1.165) is 19.3 Å². The molecule has 94 valence electrons. The number of aliphatic hydroxyl groups is 1. The lowest BCUT2D eigenvalue weighted by molar-refractivity contribution is 0.0387. The van der Waals surface area contributed by atoms with Crippen molar-refractivity contribution in [3.63, 3.8) is 0 Å². The van der Waals surface area contributed by atoms with Crippen molar-refractivity contribution >= 4 is 9.84 Å². The first-order valence-corrected chi connectivity index (χ1v) is 8.03. The van der Waals surface area contributed by atoms with Crippen molar-refractivity contribution in [2.45, 2.75) is 50.4 Å². The summed E-state index contributed by atoms with van der Waals surface area (Å²) < 4.78 is 27.6. The summed E-state index contributed by atoms with van der Waals surface area (Å²) in [6.07, 6.45) is 5.66. The standard InChI is InChI=1S/C11H20O4S/c1-16(13,14)6-2-3-10(12)9-7-8-4-5-11(9)15-8/h8-12H,2-7H2,1H3. The minimum atomic E-state index is -2.90. The van der Waals surface area contributed by atoms with Crippen molar-refractivity contribution in [1.29, 1.82) is 0 Å². The number of hydrogen-bond donors (Lipinski definition) is 1. The minimum Gasteiger partial charge on any atom is -0.393 e. The van der Waals surface area contributed by atoms with Crippen LogP contribution in [-0.2, 0) is 14.6 Å². The number of ether oxygens (including phenoxy) is 1. The van der Waals surface area contributed by atoms with Gasteiger partial charge in [-0.3, -0.25) is 0 Å². The van der Waals surface area contributed by atoms with E-state index >= 15 is 0 Å². The molecule has 4 unspecified atom stereocenters. The third-order valence-electron chi connectivity index (χ3n) is 3.66. The first-order valence-electron chi connectivity index (χ1n) is 5.97. The van der Waals surface area contributed by atoms with Crippen molar-refractivity contribution in [3.8, 4) is 0 Å². The zero-order valence-electron chi connectivity index (χ0n) is 9.63. The van der Waals surface area contributed by atoms with Crippen LogP contribution in [0.2, 0.25) is 0 Å². The summed E-state index contributed by atoms with van der Waals surface area (Å²) in [5.74, 6) is 0.407. The molecule has 1 N–H and O–H groups in total. The van der Waals surface area contributed by atoms with Gasteiger partial charge in [0.15, 0.2) is 0 Å². The third kappa shape index (κ3) is 2.96. The molecule has 4 atom stereocenters. The SMILES string of the molecule is CS(=O)(=O)CCCC(O)C1CC2CCC1O2. The van der Waals surface area contributed by atoms with E-state index in [4.69, 9.17) is 4.74 Å². The summed E-state index contributed by atoms with van der Waals surface area (Å²) in [4.78, 5) is 0. The maximum atomic E-state index is 11.0. The molecule has 2 bridgehead atoms. The van der Waals surface area contributed by atoms with Gasteiger partial charge in [0.1, 0.15) is 9.84 Å². The van der Waals surface area contributed by atoms with E-state index in [2.05, 4.69) is 0 Å². The Morgan fingerprint density at radius 3 is 2.69 bits per heavy atom. The van der Waals surface area contributed by atoms with Gasteiger partial charge in [0.2, 0.25) is 0 Å². The third-order valence-corrected chi connectivity index (χ3v) is 4.69. The normalized spacial score (nSPS) is 35.5. The van der Waals surface area contributed by atoms with Crippen molar-refractivity contribution in [2.24, 2.45) is 5.92 Å². The lowest BCUT2D eigenvalue weighted by Crippen LogP contribution is -2.29. The average molecular weight is 248 g/mol. The Morgan fingerprint density at radius 2 is 2.19 bits per heavy atom. The number of aliphatic hydroxyl groups excluding tert-OH is 1. The summed E-state index contributed by atoms with van der Waals surface area (Å²) in [5.41, 5.74) is 0. The van der Waals surface area contributed by atoms with Crippen LogP contribution in [0.15, 0.2) is 0 Å². The Kier molecular flexibility index (Phi) is 3.56. The zero-order chi connectivity index (χ0) is 11.8. The van der Waals surface area contributed by atoms with Crippen LogP contribution in [0.1, 0.15) is 32.1 Å². The highest BCUT2D eigenvalue weighted by Gasteiger charge is 2.43. The molecule has 4 nitrogen and oxygen atoms in total. The summed E-state index contributed by atoms with van der Waals surface area (Å²) in [7, 11) is -2.90. The molecule has 0 radical (unpaired) electrons. The minimum absolute atomic E-state index is 0.172. The van der Waals surface area contributed by atoms with Crippen LogP contribution < -0.4 is 0 Å². The van der Waals surface area contributed by atoms with Gasteiger partial charge in [-0.25, -0.2) is 8.42 Å². The molecule has 2 aliphatic heterocycles. The fraction of sp³-hybridized carbons (Fsp3) is 1.00. The molecular weight excluding hydrogens is 228 g/mol. The first kappa shape index (κ1) is 12.3. The van der Waals surface area contributed by atoms with Crippen LogP contribution in [-0.4, -0.2) is 43.8 Å². The van der Waals surface area contributed by atoms with Gasteiger partial charge in [-0.05, 0) is 32.1 Å². The maximum absolute atomic E-state index is 11.0. The average Bonchev–Trinajstić information content (AvgIpc) is 2.76. The highest BCUT2D eigenvalue weighted by atomic mass is 32.2. The molecule has 2 rings (SSSR count). The quantitative estimate of drug-likeness (QED) is 0.779. The van der Waals surface area contributed by atoms with Crippen molar-refractivity contribution in [1.82, 2.24) is 0 Å². The fourth-order valence-corrected chi connectivity index (χ4v) is 3.54. The number of rotatable bonds is 5. The molecule has 2 heterocycles. The second kappa shape index (κ2) is 4.63. The van der Waals surface area contributed by atoms with Crippen LogP contribution >= 0.6 is 0 Å². The van der Waals surface area contributed by atoms with Crippen molar-refractivity contribution in [3.05, 3.63) is 0 Å². The van der Waals surface area contributed by atoms with Crippen molar-refractivity contribution in [2.75, 3.05) is 12.0 Å². The van der Waals surface area contributed by atoms with Gasteiger partial charge in [0, 0.05) is 17.9 Å². The van der Waals surface area contributed by atoms with Crippen LogP contribution in [0.3, 0.4) is 0 Å². The highest BCUT2D eigenvalue weighted by Crippen LogP contribution is 2.41. The molecule has 0 aromatic rings. The summed E-state index contributed by atoms with van der Waals surface area (Å²) in [6.45, 7) is 0. The zero-order valence-corrected chi connectivity index (χ0v) is 10.4. The van der Waals surface area contributed by atoms with E-state index in [1.54, 1.807) is 0 Å². The van der Waals surface area contributed by atoms with E-state index in [0.29, 0.717) is 18.9 Å². The van der Waals surface area contributed by atoms with Gasteiger partial charge in [-0.2, -0.15) is 0 Å². The van der Waals surface area contributed by atoms with Crippen LogP contribution in [0.25, 0.3) is 0 Å². The maximum Gasteiger partial charge on any atom is 0.147 e. The summed E-state index contributed by atoms with van der Waals surface area (Å²) in [5, 5.41) is 9.99. The van der Waals surface area contributed by atoms with Gasteiger partial charge < -0.3 is 9.84 Å². The molecule has 0 aromatic carbocycles. The highest BCUT2D eigenvalue weighted by molar-refractivity contribution is 7.90. The lowest BCUT2D eigenvalue weighted by atomic mass is 9.84. The van der Waals surface area contributed by atoms with E-state index in [-0.39, 0.29) is 17.8 Å². The largest absolute Gasteiger partial charge is 0.393 e. The monoisotopic (exact) mass is 248 g/mol. The van der Waals surface area contributed by atoms with Gasteiger partial charge >= 0.3 is 0 Å². The topological polar surface area (TPSA) is 63.6 Å². The van der Waals surface area contributed by atoms with E-state index in [1.807, 2.05) is 0 Å². The Hall–Kier alpha value is -0.130. The Morgan fingerprint density at radius 1 is 1.44 bits per heavy atom. The Balaban J connectivity index is 1.74. The molecule has 16 heavy (non-hydrogen) atoms. The molecule has 2 aliphatic rings. The van der Waals surface area contributed by atoms with Gasteiger partial charge in [-0.1, -0.05) is 0 Å². The molecule has 5 heteroatoms. The Labute approximate surface area is 96.9 Å². The van der Waals surface area contributed by atoms with Crippen LogP contribution in [0.4, 0.5) is 0 Å². The fourth-order valence-electron chi connectivity index (χ4n) is 2.85.